The van der Waals surface area contributed by atoms with Gasteiger partial charge in [-0.1, -0.05) is 24.4 Å². The zero-order valence-electron chi connectivity index (χ0n) is 11.7. The molecule has 1 fully saturated rings. The summed E-state index contributed by atoms with van der Waals surface area (Å²) >= 11 is 7.98. The van der Waals surface area contributed by atoms with Crippen LogP contribution < -0.4 is 10.1 Å². The van der Waals surface area contributed by atoms with Gasteiger partial charge in [-0.3, -0.25) is 4.79 Å². The van der Waals surface area contributed by atoms with Crippen LogP contribution in [0, 0.1) is 0 Å². The molecular formula is C15H20ClNO2S. The zero-order valence-corrected chi connectivity index (χ0v) is 13.2. The van der Waals surface area contributed by atoms with Crippen LogP contribution >= 0.6 is 23.4 Å². The van der Waals surface area contributed by atoms with Crippen molar-refractivity contribution in [1.29, 1.82) is 0 Å². The Bertz CT molecular complexity index is 461. The average Bonchev–Trinajstić information content (AvgIpc) is 2.96. The predicted molar refractivity (Wildman–Crippen MR) is 85.1 cm³/mol. The molecule has 2 rings (SSSR count). The first-order chi connectivity index (χ1) is 9.70. The van der Waals surface area contributed by atoms with Gasteiger partial charge < -0.3 is 10.1 Å². The van der Waals surface area contributed by atoms with Gasteiger partial charge in [0.1, 0.15) is 5.75 Å². The quantitative estimate of drug-likeness (QED) is 0.813. The monoisotopic (exact) mass is 313 g/mol. The third-order valence-electron chi connectivity index (χ3n) is 3.46. The van der Waals surface area contributed by atoms with Gasteiger partial charge in [0.15, 0.2) is 0 Å². The Balaban J connectivity index is 1.75. The maximum Gasteiger partial charge on any atom is 0.251 e. The molecule has 0 atom stereocenters. The van der Waals surface area contributed by atoms with Gasteiger partial charge in [0, 0.05) is 23.1 Å². The smallest absolute Gasteiger partial charge is 0.251 e. The summed E-state index contributed by atoms with van der Waals surface area (Å²) in [4.78, 5) is 12.0. The second kappa shape index (κ2) is 7.79. The number of amides is 1. The molecule has 1 amide bonds. The number of halogens is 1. The van der Waals surface area contributed by atoms with Crippen molar-refractivity contribution in [3.63, 3.8) is 0 Å². The van der Waals surface area contributed by atoms with Crippen LogP contribution in [0.3, 0.4) is 0 Å². The molecular weight excluding hydrogens is 294 g/mol. The second-order valence-electron chi connectivity index (χ2n) is 4.88. The van der Waals surface area contributed by atoms with Gasteiger partial charge in [0.25, 0.3) is 5.91 Å². The number of nitrogens with one attached hydrogen (secondary N) is 1. The number of ether oxygens (including phenoxy) is 1. The van der Waals surface area contributed by atoms with Crippen LogP contribution in [0.15, 0.2) is 18.2 Å². The lowest BCUT2D eigenvalue weighted by molar-refractivity contribution is 0.0956. The second-order valence-corrected chi connectivity index (χ2v) is 6.70. The molecule has 110 valence electrons. The van der Waals surface area contributed by atoms with Crippen LogP contribution in [0.5, 0.6) is 5.75 Å². The van der Waals surface area contributed by atoms with E-state index in [0.717, 1.165) is 11.0 Å². The van der Waals surface area contributed by atoms with E-state index in [9.17, 15) is 4.79 Å². The average molecular weight is 314 g/mol. The number of hydrogen-bond acceptors (Lipinski definition) is 3. The molecule has 0 spiro atoms. The fraction of sp³-hybridized carbons (Fsp3) is 0.533. The highest BCUT2D eigenvalue weighted by molar-refractivity contribution is 7.99. The van der Waals surface area contributed by atoms with Crippen LogP contribution in [0.1, 0.15) is 36.0 Å². The fourth-order valence-corrected chi connectivity index (χ4v) is 3.83. The highest BCUT2D eigenvalue weighted by atomic mass is 35.5. The first-order valence-corrected chi connectivity index (χ1v) is 8.36. The van der Waals surface area contributed by atoms with Crippen LogP contribution in [0.2, 0.25) is 5.02 Å². The van der Waals surface area contributed by atoms with Gasteiger partial charge in [0.2, 0.25) is 0 Å². The number of thioether (sulfide) groups is 1. The maximum absolute atomic E-state index is 12.0. The minimum Gasteiger partial charge on any atom is -0.495 e. The molecule has 0 saturated heterocycles. The van der Waals surface area contributed by atoms with Crippen molar-refractivity contribution >= 4 is 29.3 Å². The zero-order chi connectivity index (χ0) is 14.4. The molecule has 1 N–H and O–H groups in total. The Labute approximate surface area is 129 Å². The maximum atomic E-state index is 12.0. The molecule has 1 saturated carbocycles. The first-order valence-electron chi connectivity index (χ1n) is 6.94. The van der Waals surface area contributed by atoms with E-state index in [1.165, 1.54) is 25.7 Å². The van der Waals surface area contributed by atoms with E-state index >= 15 is 0 Å². The SMILES string of the molecule is COc1ccc(C(=O)NCCSC2CCCC2)cc1Cl. The first kappa shape index (κ1) is 15.5. The molecule has 0 bridgehead atoms. The summed E-state index contributed by atoms with van der Waals surface area (Å²) < 4.78 is 5.07. The molecule has 1 aliphatic rings. The third kappa shape index (κ3) is 4.32. The molecule has 3 nitrogen and oxygen atoms in total. The molecule has 5 heteroatoms. The van der Waals surface area contributed by atoms with Crippen molar-refractivity contribution in [2.45, 2.75) is 30.9 Å². The number of carbonyl (C=O) groups is 1. The Morgan fingerprint density at radius 3 is 2.85 bits per heavy atom. The minimum atomic E-state index is -0.0819. The predicted octanol–water partition coefficient (Wildman–Crippen LogP) is 3.75. The number of benzene rings is 1. The molecule has 20 heavy (non-hydrogen) atoms. The summed E-state index contributed by atoms with van der Waals surface area (Å²) in [6.07, 6.45) is 5.36. The van der Waals surface area contributed by atoms with E-state index in [-0.39, 0.29) is 5.91 Å². The van der Waals surface area contributed by atoms with Gasteiger partial charge >= 0.3 is 0 Å². The van der Waals surface area contributed by atoms with Crippen LogP contribution in [0.25, 0.3) is 0 Å². The molecule has 1 aromatic carbocycles. The van der Waals surface area contributed by atoms with E-state index in [2.05, 4.69) is 5.32 Å². The standard InChI is InChI=1S/C15H20ClNO2S/c1-19-14-7-6-11(10-13(14)16)15(18)17-8-9-20-12-4-2-3-5-12/h6-7,10,12H,2-5,8-9H2,1H3,(H,17,18). The molecule has 1 aliphatic carbocycles. The minimum absolute atomic E-state index is 0.0819. The lowest BCUT2D eigenvalue weighted by atomic mass is 10.2. The molecule has 0 heterocycles. The van der Waals surface area contributed by atoms with Crippen molar-refractivity contribution in [1.82, 2.24) is 5.32 Å². The molecule has 0 radical (unpaired) electrons. The largest absolute Gasteiger partial charge is 0.495 e. The van der Waals surface area contributed by atoms with E-state index in [4.69, 9.17) is 16.3 Å². The number of hydrogen-bond donors (Lipinski definition) is 1. The van der Waals surface area contributed by atoms with Crippen molar-refractivity contribution in [2.75, 3.05) is 19.4 Å². The highest BCUT2D eigenvalue weighted by Gasteiger charge is 2.15. The molecule has 0 aromatic heterocycles. The topological polar surface area (TPSA) is 38.3 Å². The van der Waals surface area contributed by atoms with Crippen molar-refractivity contribution < 1.29 is 9.53 Å². The normalized spacial score (nSPS) is 15.3. The van der Waals surface area contributed by atoms with E-state index in [0.29, 0.717) is 22.9 Å². The van der Waals surface area contributed by atoms with Crippen LogP contribution in [-0.2, 0) is 0 Å². The lowest BCUT2D eigenvalue weighted by Gasteiger charge is -2.10. The Hall–Kier alpha value is -0.870. The van der Waals surface area contributed by atoms with Gasteiger partial charge in [-0.05, 0) is 31.0 Å². The lowest BCUT2D eigenvalue weighted by Crippen LogP contribution is -2.26. The van der Waals surface area contributed by atoms with Gasteiger partial charge in [-0.2, -0.15) is 11.8 Å². The van der Waals surface area contributed by atoms with E-state index in [1.807, 2.05) is 11.8 Å². The number of rotatable bonds is 6. The van der Waals surface area contributed by atoms with Crippen LogP contribution in [-0.4, -0.2) is 30.6 Å². The Kier molecular flexibility index (Phi) is 6.05. The van der Waals surface area contributed by atoms with Gasteiger partial charge in [0.05, 0.1) is 12.1 Å². The fourth-order valence-electron chi connectivity index (χ4n) is 2.35. The Morgan fingerprint density at radius 1 is 1.45 bits per heavy atom. The summed E-state index contributed by atoms with van der Waals surface area (Å²) in [5.41, 5.74) is 0.571. The molecule has 0 unspecified atom stereocenters. The van der Waals surface area contributed by atoms with Gasteiger partial charge in [-0.25, -0.2) is 0 Å². The van der Waals surface area contributed by atoms with E-state index in [1.54, 1.807) is 25.3 Å². The van der Waals surface area contributed by atoms with Crippen LogP contribution in [0.4, 0.5) is 0 Å². The molecule has 0 aliphatic heterocycles. The number of carbonyl (C=O) groups excluding carboxylic acids is 1. The van der Waals surface area contributed by atoms with Crippen molar-refractivity contribution in [3.05, 3.63) is 28.8 Å². The summed E-state index contributed by atoms with van der Waals surface area (Å²) in [5, 5.41) is 4.18. The third-order valence-corrected chi connectivity index (χ3v) is 5.14. The van der Waals surface area contributed by atoms with Gasteiger partial charge in [-0.15, -0.1) is 0 Å². The summed E-state index contributed by atoms with van der Waals surface area (Å²) in [7, 11) is 1.56. The van der Waals surface area contributed by atoms with Crippen molar-refractivity contribution in [3.8, 4) is 5.75 Å². The summed E-state index contributed by atoms with van der Waals surface area (Å²) in [6, 6.07) is 5.08. The summed E-state index contributed by atoms with van der Waals surface area (Å²) in [5.74, 6) is 1.47. The Morgan fingerprint density at radius 2 is 2.20 bits per heavy atom. The van der Waals surface area contributed by atoms with Crippen molar-refractivity contribution in [2.24, 2.45) is 0 Å². The highest BCUT2D eigenvalue weighted by Crippen LogP contribution is 2.29. The molecule has 1 aromatic rings. The summed E-state index contributed by atoms with van der Waals surface area (Å²) in [6.45, 7) is 0.698. The van der Waals surface area contributed by atoms with E-state index < -0.39 is 0 Å². The number of methoxy groups -OCH3 is 1.